The number of carbonyl (C=O) groups excluding carboxylic acids is 1. The molecule has 0 saturated carbocycles. The largest absolute Gasteiger partial charge is 0.480 e. The van der Waals surface area contributed by atoms with Crippen molar-refractivity contribution in [2.75, 3.05) is 51.3 Å². The molecular weight excluding hydrogens is 541 g/mol. The number of nitrogens with one attached hydrogen (secondary N) is 1. The third kappa shape index (κ3) is 6.33. The number of guanidine groups is 1. The number of anilines is 1. The lowest BCUT2D eigenvalue weighted by molar-refractivity contribution is -0.125. The van der Waals surface area contributed by atoms with Crippen LogP contribution in [0.3, 0.4) is 0 Å². The zero-order valence-electron chi connectivity index (χ0n) is 16.7. The third-order valence-corrected chi connectivity index (χ3v) is 4.92. The van der Waals surface area contributed by atoms with Crippen molar-refractivity contribution < 1.29 is 9.53 Å². The maximum absolute atomic E-state index is 11.5. The maximum atomic E-state index is 11.5. The van der Waals surface area contributed by atoms with Gasteiger partial charge in [0.05, 0.1) is 29.7 Å². The Hall–Kier alpha value is -1.37. The van der Waals surface area contributed by atoms with E-state index in [0.717, 1.165) is 43.2 Å². The summed E-state index contributed by atoms with van der Waals surface area (Å²) in [5.74, 6) is 1.60. The molecule has 9 nitrogen and oxygen atoms in total. The first kappa shape index (κ1) is 24.7. The van der Waals surface area contributed by atoms with Crippen LogP contribution in [0, 0.1) is 5.41 Å². The first-order chi connectivity index (χ1) is 12.8. The molecule has 158 valence electrons. The van der Waals surface area contributed by atoms with E-state index in [2.05, 4.69) is 46.0 Å². The number of rotatable bonds is 6. The number of hydrogen-bond acceptors (Lipinski definition) is 6. The van der Waals surface area contributed by atoms with E-state index >= 15 is 0 Å². The lowest BCUT2D eigenvalue weighted by Gasteiger charge is -2.36. The van der Waals surface area contributed by atoms with Crippen LogP contribution in [0.2, 0.25) is 0 Å². The van der Waals surface area contributed by atoms with Crippen molar-refractivity contribution in [2.24, 2.45) is 16.1 Å². The Balaban J connectivity index is 0.00000392. The molecule has 1 aromatic rings. The number of ether oxygens (including phenoxy) is 1. The number of amides is 1. The quantitative estimate of drug-likeness (QED) is 0.303. The van der Waals surface area contributed by atoms with Gasteiger partial charge in [0.1, 0.15) is 0 Å². The number of aliphatic imine (C=N–C) groups is 1. The first-order valence-corrected chi connectivity index (χ1v) is 9.72. The van der Waals surface area contributed by atoms with E-state index in [1.165, 1.54) is 0 Å². The Bertz CT molecular complexity index is 694. The highest BCUT2D eigenvalue weighted by Crippen LogP contribution is 2.24. The summed E-state index contributed by atoms with van der Waals surface area (Å²) in [6.07, 6.45) is 1.70. The van der Waals surface area contributed by atoms with Crippen LogP contribution in [0.25, 0.3) is 0 Å². The molecule has 1 amide bonds. The number of nitrogens with two attached hydrogens (primary N) is 1. The van der Waals surface area contributed by atoms with E-state index in [1.807, 2.05) is 6.92 Å². The number of halogens is 2. The molecule has 1 aliphatic heterocycles. The second-order valence-electron chi connectivity index (χ2n) is 6.92. The fourth-order valence-electron chi connectivity index (χ4n) is 2.53. The SMILES string of the molecule is CCNC(=NCC(C)(C)C(N)=O)N1CCN(c2ncc(Br)c(OC)n2)CC1.I. The fourth-order valence-corrected chi connectivity index (χ4v) is 2.89. The van der Waals surface area contributed by atoms with Gasteiger partial charge in [0.15, 0.2) is 5.96 Å². The summed E-state index contributed by atoms with van der Waals surface area (Å²) in [6, 6.07) is 0. The topological polar surface area (TPSA) is 109 Å². The summed E-state index contributed by atoms with van der Waals surface area (Å²) in [4.78, 5) is 29.3. The summed E-state index contributed by atoms with van der Waals surface area (Å²) in [6.45, 7) is 9.78. The van der Waals surface area contributed by atoms with Gasteiger partial charge < -0.3 is 25.6 Å². The molecule has 0 unspecified atom stereocenters. The minimum atomic E-state index is -0.676. The summed E-state index contributed by atoms with van der Waals surface area (Å²) < 4.78 is 5.98. The number of carbonyl (C=O) groups is 1. The number of primary amides is 1. The Morgan fingerprint density at radius 3 is 2.57 bits per heavy atom. The molecular formula is C17H29BrIN7O2. The van der Waals surface area contributed by atoms with Crippen LogP contribution in [0.15, 0.2) is 15.7 Å². The summed E-state index contributed by atoms with van der Waals surface area (Å²) >= 11 is 3.37. The standard InChI is InChI=1S/C17H28BrN7O2.HI/c1-5-20-15(22-11-17(2,3)14(19)26)24-6-8-25(9-7-24)16-21-10-12(18)13(23-16)27-4;/h10H,5-9,11H2,1-4H3,(H2,19,26)(H,20,22);1H. The number of nitrogens with zero attached hydrogens (tertiary/aromatic N) is 5. The van der Waals surface area contributed by atoms with Crippen LogP contribution in [0.5, 0.6) is 5.88 Å². The van der Waals surface area contributed by atoms with Gasteiger partial charge >= 0.3 is 0 Å². The minimum Gasteiger partial charge on any atom is -0.480 e. The van der Waals surface area contributed by atoms with Crippen molar-refractivity contribution in [3.8, 4) is 5.88 Å². The molecule has 11 heteroatoms. The van der Waals surface area contributed by atoms with Gasteiger partial charge in [0.2, 0.25) is 17.7 Å². The van der Waals surface area contributed by atoms with Gasteiger partial charge in [-0.25, -0.2) is 4.98 Å². The fraction of sp³-hybridized carbons (Fsp3) is 0.647. The highest BCUT2D eigenvalue weighted by atomic mass is 127. The normalized spacial score (nSPS) is 15.1. The Labute approximate surface area is 191 Å². The van der Waals surface area contributed by atoms with Gasteiger partial charge in [-0.05, 0) is 36.7 Å². The van der Waals surface area contributed by atoms with Gasteiger partial charge in [-0.2, -0.15) is 4.98 Å². The molecule has 0 aliphatic carbocycles. The molecule has 0 spiro atoms. The maximum Gasteiger partial charge on any atom is 0.232 e. The van der Waals surface area contributed by atoms with Gasteiger partial charge in [-0.15, -0.1) is 24.0 Å². The van der Waals surface area contributed by atoms with Gasteiger partial charge in [0, 0.05) is 32.7 Å². The summed E-state index contributed by atoms with van der Waals surface area (Å²) in [5.41, 5.74) is 4.77. The van der Waals surface area contributed by atoms with Gasteiger partial charge in [-0.3, -0.25) is 9.79 Å². The lowest BCUT2D eigenvalue weighted by atomic mass is 9.93. The van der Waals surface area contributed by atoms with Crippen molar-refractivity contribution in [2.45, 2.75) is 20.8 Å². The molecule has 2 heterocycles. The monoisotopic (exact) mass is 569 g/mol. The van der Waals surface area contributed by atoms with E-state index in [-0.39, 0.29) is 29.9 Å². The van der Waals surface area contributed by atoms with E-state index in [1.54, 1.807) is 27.2 Å². The molecule has 2 rings (SSSR count). The van der Waals surface area contributed by atoms with Crippen molar-refractivity contribution in [3.63, 3.8) is 0 Å². The van der Waals surface area contributed by atoms with Crippen LogP contribution < -0.4 is 20.7 Å². The zero-order valence-corrected chi connectivity index (χ0v) is 20.7. The highest BCUT2D eigenvalue weighted by molar-refractivity contribution is 14.0. The van der Waals surface area contributed by atoms with Crippen molar-refractivity contribution >= 4 is 57.7 Å². The average molecular weight is 570 g/mol. The van der Waals surface area contributed by atoms with E-state index in [0.29, 0.717) is 18.4 Å². The summed E-state index contributed by atoms with van der Waals surface area (Å²) in [7, 11) is 1.58. The lowest BCUT2D eigenvalue weighted by Crippen LogP contribution is -2.53. The van der Waals surface area contributed by atoms with Crippen LogP contribution in [-0.4, -0.2) is 73.1 Å². The van der Waals surface area contributed by atoms with E-state index in [9.17, 15) is 4.79 Å². The molecule has 3 N–H and O–H groups in total. The predicted molar refractivity (Wildman–Crippen MR) is 124 cm³/mol. The van der Waals surface area contributed by atoms with E-state index < -0.39 is 5.41 Å². The molecule has 1 fully saturated rings. The van der Waals surface area contributed by atoms with Crippen LogP contribution in [0.4, 0.5) is 5.95 Å². The predicted octanol–water partition coefficient (Wildman–Crippen LogP) is 1.46. The van der Waals surface area contributed by atoms with Crippen LogP contribution in [-0.2, 0) is 4.79 Å². The molecule has 0 atom stereocenters. The summed E-state index contributed by atoms with van der Waals surface area (Å²) in [5, 5.41) is 3.29. The number of aromatic nitrogens is 2. The van der Waals surface area contributed by atoms with Crippen LogP contribution >= 0.6 is 39.9 Å². The number of piperazine rings is 1. The second kappa shape index (κ2) is 11.0. The molecule has 0 radical (unpaired) electrons. The second-order valence-corrected chi connectivity index (χ2v) is 7.77. The Kier molecular flexibility index (Phi) is 9.67. The molecule has 0 aromatic carbocycles. The molecule has 0 bridgehead atoms. The average Bonchev–Trinajstić information content (AvgIpc) is 2.65. The number of methoxy groups -OCH3 is 1. The van der Waals surface area contributed by atoms with Gasteiger partial charge in [-0.1, -0.05) is 0 Å². The molecule has 1 saturated heterocycles. The minimum absolute atomic E-state index is 0. The Morgan fingerprint density at radius 2 is 2.04 bits per heavy atom. The van der Waals surface area contributed by atoms with Crippen LogP contribution in [0.1, 0.15) is 20.8 Å². The first-order valence-electron chi connectivity index (χ1n) is 8.93. The molecule has 28 heavy (non-hydrogen) atoms. The van der Waals surface area contributed by atoms with E-state index in [4.69, 9.17) is 10.5 Å². The Morgan fingerprint density at radius 1 is 1.39 bits per heavy atom. The highest BCUT2D eigenvalue weighted by Gasteiger charge is 2.26. The van der Waals surface area contributed by atoms with Gasteiger partial charge in [0.25, 0.3) is 0 Å². The van der Waals surface area contributed by atoms with Crippen molar-refractivity contribution in [1.29, 1.82) is 0 Å². The number of hydrogen-bond donors (Lipinski definition) is 2. The molecule has 1 aliphatic rings. The smallest absolute Gasteiger partial charge is 0.232 e. The third-order valence-electron chi connectivity index (χ3n) is 4.38. The van der Waals surface area contributed by atoms with Crippen molar-refractivity contribution in [3.05, 3.63) is 10.7 Å². The molecule has 1 aromatic heterocycles. The zero-order chi connectivity index (χ0) is 20.0. The van der Waals surface area contributed by atoms with Crippen molar-refractivity contribution in [1.82, 2.24) is 20.2 Å².